The molecular formula is C7H15NOS2. The second-order valence-corrected chi connectivity index (χ2v) is 4.77. The first kappa shape index (κ1) is 11.2. The first-order valence-electron chi connectivity index (χ1n) is 3.73. The molecule has 0 aliphatic rings. The molecule has 0 fully saturated rings. The van der Waals surface area contributed by atoms with E-state index < -0.39 is 0 Å². The predicted molar refractivity (Wildman–Crippen MR) is 53.9 cm³/mol. The van der Waals surface area contributed by atoms with Crippen molar-refractivity contribution in [2.75, 3.05) is 18.6 Å². The Labute approximate surface area is 76.3 Å². The molecule has 4 heteroatoms. The number of rotatable bonds is 6. The number of nitrogens with one attached hydrogen (secondary N) is 1. The maximum Gasteiger partial charge on any atom is 0.220 e. The molecule has 66 valence electrons. The van der Waals surface area contributed by atoms with Crippen molar-refractivity contribution in [3.63, 3.8) is 0 Å². The second kappa shape index (κ2) is 8.27. The monoisotopic (exact) mass is 193 g/mol. The number of hydrogen-bond donors (Lipinski definition) is 1. The van der Waals surface area contributed by atoms with Crippen molar-refractivity contribution in [1.82, 2.24) is 5.32 Å². The second-order valence-electron chi connectivity index (χ2n) is 2.09. The lowest BCUT2D eigenvalue weighted by Crippen LogP contribution is -2.23. The van der Waals surface area contributed by atoms with E-state index in [1.54, 1.807) is 21.6 Å². The Morgan fingerprint density at radius 1 is 1.55 bits per heavy atom. The molecule has 0 bridgehead atoms. The molecule has 0 radical (unpaired) electrons. The zero-order chi connectivity index (χ0) is 8.53. The van der Waals surface area contributed by atoms with Crippen LogP contribution in [-0.2, 0) is 4.79 Å². The summed E-state index contributed by atoms with van der Waals surface area (Å²) in [6.45, 7) is 2.86. The van der Waals surface area contributed by atoms with E-state index in [1.807, 2.05) is 6.26 Å². The third-order valence-electron chi connectivity index (χ3n) is 1.10. The van der Waals surface area contributed by atoms with Gasteiger partial charge in [0.25, 0.3) is 0 Å². The highest BCUT2D eigenvalue weighted by Crippen LogP contribution is 2.16. The third kappa shape index (κ3) is 8.07. The molecule has 1 N–H and O–H groups in total. The highest BCUT2D eigenvalue weighted by molar-refractivity contribution is 8.76. The van der Waals surface area contributed by atoms with E-state index in [9.17, 15) is 4.79 Å². The molecule has 0 unspecified atom stereocenters. The van der Waals surface area contributed by atoms with Crippen molar-refractivity contribution in [1.29, 1.82) is 0 Å². The standard InChI is InChI=1S/C7H15NOS2/c1-3-5-8-7(9)4-6-11-10-2/h3-6H2,1-2H3,(H,8,9). The van der Waals surface area contributed by atoms with Crippen molar-refractivity contribution in [2.24, 2.45) is 0 Å². The minimum absolute atomic E-state index is 0.174. The summed E-state index contributed by atoms with van der Waals surface area (Å²) in [4.78, 5) is 10.9. The smallest absolute Gasteiger partial charge is 0.220 e. The molecule has 1 amide bonds. The summed E-state index contributed by atoms with van der Waals surface area (Å²) < 4.78 is 0. The minimum atomic E-state index is 0.174. The third-order valence-corrected chi connectivity index (χ3v) is 2.92. The molecule has 11 heavy (non-hydrogen) atoms. The quantitative estimate of drug-likeness (QED) is 0.516. The van der Waals surface area contributed by atoms with Crippen LogP contribution in [0.1, 0.15) is 19.8 Å². The molecule has 0 aromatic rings. The predicted octanol–water partition coefficient (Wildman–Crippen LogP) is 1.91. The van der Waals surface area contributed by atoms with Gasteiger partial charge in [0.1, 0.15) is 0 Å². The number of hydrogen-bond acceptors (Lipinski definition) is 3. The van der Waals surface area contributed by atoms with Crippen LogP contribution in [0.2, 0.25) is 0 Å². The van der Waals surface area contributed by atoms with Crippen LogP contribution in [0.5, 0.6) is 0 Å². The topological polar surface area (TPSA) is 29.1 Å². The highest BCUT2D eigenvalue weighted by Gasteiger charge is 1.97. The highest BCUT2D eigenvalue weighted by atomic mass is 33.1. The molecule has 0 spiro atoms. The van der Waals surface area contributed by atoms with E-state index in [4.69, 9.17) is 0 Å². The molecule has 0 saturated heterocycles. The number of carbonyl (C=O) groups is 1. The summed E-state index contributed by atoms with van der Waals surface area (Å²) in [6, 6.07) is 0. The van der Waals surface area contributed by atoms with Crippen LogP contribution in [0.25, 0.3) is 0 Å². The molecule has 0 aromatic carbocycles. The Balaban J connectivity index is 3.09. The molecule has 0 rings (SSSR count). The summed E-state index contributed by atoms with van der Waals surface area (Å²) in [5.74, 6) is 1.09. The van der Waals surface area contributed by atoms with Gasteiger partial charge in [-0.3, -0.25) is 4.79 Å². The van der Waals surface area contributed by atoms with Crippen LogP contribution < -0.4 is 5.32 Å². The van der Waals surface area contributed by atoms with Gasteiger partial charge in [0, 0.05) is 18.7 Å². The summed E-state index contributed by atoms with van der Waals surface area (Å²) in [5.41, 5.74) is 0. The Hall–Kier alpha value is 0.170. The van der Waals surface area contributed by atoms with Crippen molar-refractivity contribution >= 4 is 27.5 Å². The van der Waals surface area contributed by atoms with Gasteiger partial charge < -0.3 is 5.32 Å². The fraction of sp³-hybridized carbons (Fsp3) is 0.857. The molecular weight excluding hydrogens is 178 g/mol. The lowest BCUT2D eigenvalue weighted by Gasteiger charge is -2.01. The number of carbonyl (C=O) groups excluding carboxylic acids is 1. The van der Waals surface area contributed by atoms with Gasteiger partial charge in [0.2, 0.25) is 5.91 Å². The summed E-state index contributed by atoms with van der Waals surface area (Å²) >= 11 is 0. The van der Waals surface area contributed by atoms with E-state index in [1.165, 1.54) is 0 Å². The van der Waals surface area contributed by atoms with E-state index >= 15 is 0 Å². The fourth-order valence-corrected chi connectivity index (χ4v) is 1.76. The minimum Gasteiger partial charge on any atom is -0.356 e. The van der Waals surface area contributed by atoms with E-state index in [2.05, 4.69) is 12.2 Å². The fourth-order valence-electron chi connectivity index (χ4n) is 0.571. The molecule has 2 nitrogen and oxygen atoms in total. The maximum absolute atomic E-state index is 10.9. The van der Waals surface area contributed by atoms with Crippen LogP contribution in [-0.4, -0.2) is 24.5 Å². The van der Waals surface area contributed by atoms with Crippen molar-refractivity contribution in [2.45, 2.75) is 19.8 Å². The lowest BCUT2D eigenvalue weighted by molar-refractivity contribution is -0.120. The zero-order valence-corrected chi connectivity index (χ0v) is 8.69. The Morgan fingerprint density at radius 2 is 2.27 bits per heavy atom. The van der Waals surface area contributed by atoms with Crippen LogP contribution in [0.4, 0.5) is 0 Å². The average molecular weight is 193 g/mol. The van der Waals surface area contributed by atoms with Crippen molar-refractivity contribution in [3.05, 3.63) is 0 Å². The Kier molecular flexibility index (Phi) is 8.40. The van der Waals surface area contributed by atoms with Crippen molar-refractivity contribution in [3.8, 4) is 0 Å². The van der Waals surface area contributed by atoms with Gasteiger partial charge in [-0.25, -0.2) is 0 Å². The van der Waals surface area contributed by atoms with Gasteiger partial charge in [0.05, 0.1) is 0 Å². The zero-order valence-electron chi connectivity index (χ0n) is 7.05. The Bertz CT molecular complexity index is 109. The number of amides is 1. The first-order chi connectivity index (χ1) is 5.31. The lowest BCUT2D eigenvalue weighted by atomic mass is 10.4. The van der Waals surface area contributed by atoms with Gasteiger partial charge in [-0.1, -0.05) is 28.5 Å². The van der Waals surface area contributed by atoms with E-state index in [0.29, 0.717) is 6.42 Å². The van der Waals surface area contributed by atoms with Crippen LogP contribution in [0.15, 0.2) is 0 Å². The van der Waals surface area contributed by atoms with E-state index in [0.717, 1.165) is 18.7 Å². The van der Waals surface area contributed by atoms with Crippen LogP contribution >= 0.6 is 21.6 Å². The molecule has 0 aliphatic heterocycles. The van der Waals surface area contributed by atoms with Gasteiger partial charge in [-0.2, -0.15) is 0 Å². The summed E-state index contributed by atoms with van der Waals surface area (Å²) in [5, 5.41) is 2.83. The van der Waals surface area contributed by atoms with Crippen LogP contribution in [0.3, 0.4) is 0 Å². The van der Waals surface area contributed by atoms with E-state index in [-0.39, 0.29) is 5.91 Å². The Morgan fingerprint density at radius 3 is 2.82 bits per heavy atom. The molecule has 0 aromatic heterocycles. The van der Waals surface area contributed by atoms with Gasteiger partial charge in [-0.15, -0.1) is 0 Å². The first-order valence-corrected chi connectivity index (χ1v) is 6.46. The summed E-state index contributed by atoms with van der Waals surface area (Å²) in [6.07, 6.45) is 3.68. The maximum atomic E-state index is 10.9. The summed E-state index contributed by atoms with van der Waals surface area (Å²) in [7, 11) is 3.43. The van der Waals surface area contributed by atoms with Gasteiger partial charge in [-0.05, 0) is 12.7 Å². The van der Waals surface area contributed by atoms with Crippen molar-refractivity contribution < 1.29 is 4.79 Å². The molecule has 0 aliphatic carbocycles. The van der Waals surface area contributed by atoms with Gasteiger partial charge >= 0.3 is 0 Å². The van der Waals surface area contributed by atoms with Gasteiger partial charge in [0.15, 0.2) is 0 Å². The largest absolute Gasteiger partial charge is 0.356 e. The normalized spacial score (nSPS) is 9.64. The van der Waals surface area contributed by atoms with Crippen LogP contribution in [0, 0.1) is 0 Å². The molecule has 0 atom stereocenters. The average Bonchev–Trinajstić information content (AvgIpc) is 2.01. The molecule has 0 saturated carbocycles. The SMILES string of the molecule is CCCNC(=O)CCSSC. The molecule has 0 heterocycles.